The fraction of sp³-hybridized carbons (Fsp3) is 0.467. The monoisotopic (exact) mass is 292 g/mol. The summed E-state index contributed by atoms with van der Waals surface area (Å²) in [4.78, 5) is 0.306. The molecule has 1 aromatic rings. The average molecular weight is 292 g/mol. The first-order valence-electron chi connectivity index (χ1n) is 6.82. The molecule has 0 atom stereocenters. The van der Waals surface area contributed by atoms with Crippen LogP contribution in [0.1, 0.15) is 30.4 Å². The second kappa shape index (κ2) is 6.40. The molecule has 0 aromatic heterocycles. The van der Waals surface area contributed by atoms with Crippen molar-refractivity contribution < 1.29 is 8.42 Å². The Balaban J connectivity index is 2.20. The van der Waals surface area contributed by atoms with Crippen molar-refractivity contribution >= 4 is 10.0 Å². The lowest BCUT2D eigenvalue weighted by molar-refractivity contribution is 0.316. The second-order valence-corrected chi connectivity index (χ2v) is 6.87. The first-order chi connectivity index (χ1) is 9.53. The minimum Gasteiger partial charge on any atom is -0.320 e. The number of sulfonamides is 1. The number of rotatable bonds is 4. The largest absolute Gasteiger partial charge is 0.320 e. The van der Waals surface area contributed by atoms with Gasteiger partial charge in [0.25, 0.3) is 0 Å². The molecule has 1 aliphatic rings. The molecule has 5 heteroatoms. The molecule has 0 saturated heterocycles. The Morgan fingerprint density at radius 2 is 2.15 bits per heavy atom. The van der Waals surface area contributed by atoms with Crippen molar-refractivity contribution in [2.75, 3.05) is 13.1 Å². The zero-order chi connectivity index (χ0) is 14.6. The lowest BCUT2D eigenvalue weighted by atomic mass is 9.86. The molecule has 0 amide bonds. The minimum atomic E-state index is -3.46. The van der Waals surface area contributed by atoms with Gasteiger partial charge in [0, 0.05) is 12.1 Å². The van der Waals surface area contributed by atoms with E-state index in [0.717, 1.165) is 18.4 Å². The number of aryl methyl sites for hydroxylation is 1. The molecule has 20 heavy (non-hydrogen) atoms. The summed E-state index contributed by atoms with van der Waals surface area (Å²) in [5, 5.41) is 0. The van der Waals surface area contributed by atoms with Gasteiger partial charge in [0.1, 0.15) is 0 Å². The van der Waals surface area contributed by atoms with E-state index in [1.807, 2.05) is 6.07 Å². The van der Waals surface area contributed by atoms with Crippen LogP contribution in [0.4, 0.5) is 0 Å². The van der Waals surface area contributed by atoms with E-state index < -0.39 is 10.0 Å². The van der Waals surface area contributed by atoms with Gasteiger partial charge >= 0.3 is 0 Å². The fourth-order valence-electron chi connectivity index (χ4n) is 2.12. The second-order valence-electron chi connectivity index (χ2n) is 5.14. The Kier molecular flexibility index (Phi) is 4.81. The summed E-state index contributed by atoms with van der Waals surface area (Å²) in [5.74, 6) is 6.09. The molecule has 0 heterocycles. The lowest BCUT2D eigenvalue weighted by Crippen LogP contribution is -2.32. The normalized spacial score (nSPS) is 15.3. The van der Waals surface area contributed by atoms with Gasteiger partial charge in [-0.3, -0.25) is 0 Å². The summed E-state index contributed by atoms with van der Waals surface area (Å²) in [5.41, 5.74) is 6.73. The smallest absolute Gasteiger partial charge is 0.240 e. The highest BCUT2D eigenvalue weighted by molar-refractivity contribution is 7.89. The standard InChI is InChI=1S/C15H20N2O2S/c1-12-7-8-13(6-3-9-16)10-15(12)20(18,19)17-11-14-4-2-5-14/h7-8,10,14,17H,2,4-5,9,11,16H2,1H3. The van der Waals surface area contributed by atoms with Gasteiger partial charge in [-0.15, -0.1) is 0 Å². The van der Waals surface area contributed by atoms with Crippen molar-refractivity contribution in [3.05, 3.63) is 29.3 Å². The third-order valence-corrected chi connectivity index (χ3v) is 5.16. The number of benzene rings is 1. The van der Waals surface area contributed by atoms with Crippen molar-refractivity contribution in [3.8, 4) is 11.8 Å². The van der Waals surface area contributed by atoms with Crippen LogP contribution in [0.3, 0.4) is 0 Å². The maximum atomic E-state index is 12.3. The van der Waals surface area contributed by atoms with Crippen molar-refractivity contribution in [1.82, 2.24) is 4.72 Å². The van der Waals surface area contributed by atoms with E-state index in [4.69, 9.17) is 5.73 Å². The molecule has 0 bridgehead atoms. The summed E-state index contributed by atoms with van der Waals surface area (Å²) < 4.78 is 27.4. The molecule has 0 unspecified atom stereocenters. The van der Waals surface area contributed by atoms with Gasteiger partial charge in [0.2, 0.25) is 10.0 Å². The Bertz CT molecular complexity index is 638. The van der Waals surface area contributed by atoms with Gasteiger partial charge in [-0.25, -0.2) is 13.1 Å². The summed E-state index contributed by atoms with van der Waals surface area (Å²) in [6.45, 7) is 2.58. The fourth-order valence-corrected chi connectivity index (χ4v) is 3.51. The third kappa shape index (κ3) is 3.60. The maximum absolute atomic E-state index is 12.3. The zero-order valence-electron chi connectivity index (χ0n) is 11.6. The Morgan fingerprint density at radius 1 is 1.40 bits per heavy atom. The van der Waals surface area contributed by atoms with Crippen LogP contribution >= 0.6 is 0 Å². The van der Waals surface area contributed by atoms with Crippen LogP contribution < -0.4 is 10.5 Å². The van der Waals surface area contributed by atoms with Crippen molar-refractivity contribution in [2.45, 2.75) is 31.1 Å². The molecule has 1 fully saturated rings. The SMILES string of the molecule is Cc1ccc(C#CCN)cc1S(=O)(=O)NCC1CCC1. The lowest BCUT2D eigenvalue weighted by Gasteiger charge is -2.25. The van der Waals surface area contributed by atoms with Gasteiger partial charge < -0.3 is 5.73 Å². The Labute approximate surface area is 120 Å². The first-order valence-corrected chi connectivity index (χ1v) is 8.30. The third-order valence-electron chi connectivity index (χ3n) is 3.60. The van der Waals surface area contributed by atoms with E-state index in [9.17, 15) is 8.42 Å². The molecule has 1 aliphatic carbocycles. The summed E-state index contributed by atoms with van der Waals surface area (Å²) in [7, 11) is -3.46. The summed E-state index contributed by atoms with van der Waals surface area (Å²) >= 11 is 0. The van der Waals surface area contributed by atoms with Crippen LogP contribution in [0.25, 0.3) is 0 Å². The van der Waals surface area contributed by atoms with E-state index in [-0.39, 0.29) is 6.54 Å². The molecule has 3 N–H and O–H groups in total. The van der Waals surface area contributed by atoms with E-state index in [2.05, 4.69) is 16.6 Å². The van der Waals surface area contributed by atoms with E-state index >= 15 is 0 Å². The van der Waals surface area contributed by atoms with Gasteiger partial charge in [0.15, 0.2) is 0 Å². The number of nitrogens with two attached hydrogens (primary N) is 1. The maximum Gasteiger partial charge on any atom is 0.240 e. The van der Waals surface area contributed by atoms with Gasteiger partial charge in [-0.1, -0.05) is 24.3 Å². The summed E-state index contributed by atoms with van der Waals surface area (Å²) in [6.07, 6.45) is 3.43. The molecule has 1 aromatic carbocycles. The topological polar surface area (TPSA) is 72.2 Å². The first kappa shape index (κ1) is 15.0. The van der Waals surface area contributed by atoms with Gasteiger partial charge in [0.05, 0.1) is 11.4 Å². The average Bonchev–Trinajstić information content (AvgIpc) is 2.35. The van der Waals surface area contributed by atoms with Crippen LogP contribution in [-0.4, -0.2) is 21.5 Å². The Morgan fingerprint density at radius 3 is 2.75 bits per heavy atom. The highest BCUT2D eigenvalue weighted by Gasteiger charge is 2.22. The van der Waals surface area contributed by atoms with Crippen LogP contribution in [0, 0.1) is 24.7 Å². The molecule has 4 nitrogen and oxygen atoms in total. The summed E-state index contributed by atoms with van der Waals surface area (Å²) in [6, 6.07) is 5.20. The van der Waals surface area contributed by atoms with Gasteiger partial charge in [-0.2, -0.15) is 0 Å². The van der Waals surface area contributed by atoms with E-state index in [1.165, 1.54) is 6.42 Å². The Hall–Kier alpha value is -1.35. The van der Waals surface area contributed by atoms with Crippen molar-refractivity contribution in [2.24, 2.45) is 11.7 Å². The molecular formula is C15H20N2O2S. The molecule has 0 radical (unpaired) electrons. The molecule has 0 aliphatic heterocycles. The van der Waals surface area contributed by atoms with Crippen LogP contribution in [0.2, 0.25) is 0 Å². The zero-order valence-corrected chi connectivity index (χ0v) is 12.5. The quantitative estimate of drug-likeness (QED) is 0.824. The van der Waals surface area contributed by atoms with Crippen molar-refractivity contribution in [1.29, 1.82) is 0 Å². The molecular weight excluding hydrogens is 272 g/mol. The highest BCUT2D eigenvalue weighted by Crippen LogP contribution is 2.26. The van der Waals surface area contributed by atoms with Crippen LogP contribution in [0.15, 0.2) is 23.1 Å². The molecule has 0 spiro atoms. The molecule has 1 saturated carbocycles. The number of nitrogens with one attached hydrogen (secondary N) is 1. The molecule has 108 valence electrons. The van der Waals surface area contributed by atoms with Crippen LogP contribution in [0.5, 0.6) is 0 Å². The van der Waals surface area contributed by atoms with Crippen LogP contribution in [-0.2, 0) is 10.0 Å². The van der Waals surface area contributed by atoms with Crippen molar-refractivity contribution in [3.63, 3.8) is 0 Å². The predicted octanol–water partition coefficient (Wildman–Crippen LogP) is 1.38. The molecule has 2 rings (SSSR count). The number of hydrogen-bond acceptors (Lipinski definition) is 3. The predicted molar refractivity (Wildman–Crippen MR) is 79.6 cm³/mol. The van der Waals surface area contributed by atoms with E-state index in [0.29, 0.717) is 22.9 Å². The minimum absolute atomic E-state index is 0.260. The van der Waals surface area contributed by atoms with E-state index in [1.54, 1.807) is 19.1 Å². The van der Waals surface area contributed by atoms with Gasteiger partial charge in [-0.05, 0) is 43.4 Å². The number of hydrogen-bond donors (Lipinski definition) is 2. The highest BCUT2D eigenvalue weighted by atomic mass is 32.2.